The Balaban J connectivity index is 2.05. The zero-order valence-electron chi connectivity index (χ0n) is 11.4. The molecule has 0 bridgehead atoms. The molecule has 7 heteroatoms. The summed E-state index contributed by atoms with van der Waals surface area (Å²) >= 11 is 0.865. The van der Waals surface area contributed by atoms with Gasteiger partial charge in [-0.3, -0.25) is 4.79 Å². The van der Waals surface area contributed by atoms with E-state index in [1.54, 1.807) is 0 Å². The molecule has 0 saturated heterocycles. The Morgan fingerprint density at radius 3 is 2.18 bits per heavy atom. The van der Waals surface area contributed by atoms with Crippen LogP contribution < -0.4 is 5.32 Å². The number of anilines is 1. The summed E-state index contributed by atoms with van der Waals surface area (Å²) in [6, 6.07) is 5.77. The predicted octanol–water partition coefficient (Wildman–Crippen LogP) is 4.36. The van der Waals surface area contributed by atoms with Gasteiger partial charge >= 0.3 is 0 Å². The van der Waals surface area contributed by atoms with Gasteiger partial charge in [0.05, 0.1) is 10.9 Å². The molecule has 0 saturated carbocycles. The maximum absolute atomic E-state index is 13.5. The molecule has 0 aliphatic heterocycles. The van der Waals surface area contributed by atoms with Crippen LogP contribution in [0.25, 0.3) is 0 Å². The second-order valence-electron chi connectivity index (χ2n) is 4.45. The third-order valence-corrected chi connectivity index (χ3v) is 3.91. The molecule has 116 valence electrons. The first-order valence-corrected chi connectivity index (χ1v) is 7.12. The second-order valence-corrected chi connectivity index (χ2v) is 5.83. The highest BCUT2D eigenvalue weighted by molar-refractivity contribution is 8.00. The fourth-order valence-electron chi connectivity index (χ4n) is 1.64. The molecule has 0 unspecified atom stereocenters. The summed E-state index contributed by atoms with van der Waals surface area (Å²) in [7, 11) is 0. The van der Waals surface area contributed by atoms with Crippen LogP contribution in [0, 0.1) is 23.3 Å². The minimum atomic E-state index is -0.904. The number of rotatable bonds is 4. The zero-order chi connectivity index (χ0) is 16.3. The monoisotopic (exact) mass is 329 g/mol. The molecule has 1 N–H and O–H groups in total. The van der Waals surface area contributed by atoms with Crippen molar-refractivity contribution in [2.75, 3.05) is 5.32 Å². The Labute approximate surface area is 128 Å². The lowest BCUT2D eigenvalue weighted by Crippen LogP contribution is -2.23. The molecular formula is C15H11F4NOS. The van der Waals surface area contributed by atoms with Crippen molar-refractivity contribution in [1.29, 1.82) is 0 Å². The molecule has 0 aliphatic rings. The number of carbonyl (C=O) groups excluding carboxylic acids is 1. The van der Waals surface area contributed by atoms with E-state index in [0.29, 0.717) is 12.1 Å². The number of carbonyl (C=O) groups is 1. The summed E-state index contributed by atoms with van der Waals surface area (Å²) in [5.74, 6) is -3.74. The van der Waals surface area contributed by atoms with Gasteiger partial charge in [-0.15, -0.1) is 11.8 Å². The van der Waals surface area contributed by atoms with Crippen LogP contribution in [0.15, 0.2) is 41.3 Å². The lowest BCUT2D eigenvalue weighted by atomic mass is 10.3. The third-order valence-electron chi connectivity index (χ3n) is 2.76. The average Bonchev–Trinajstić information content (AvgIpc) is 2.44. The largest absolute Gasteiger partial charge is 0.323 e. The summed E-state index contributed by atoms with van der Waals surface area (Å²) < 4.78 is 52.5. The van der Waals surface area contributed by atoms with Gasteiger partial charge in [0.1, 0.15) is 23.3 Å². The SMILES string of the molecule is C[C@@H](Sc1ccc(F)cc1F)C(=O)Nc1ccc(F)cc1F. The van der Waals surface area contributed by atoms with E-state index in [1.165, 1.54) is 13.0 Å². The van der Waals surface area contributed by atoms with Crippen molar-refractivity contribution in [2.45, 2.75) is 17.1 Å². The maximum Gasteiger partial charge on any atom is 0.237 e. The number of hydrogen-bond donors (Lipinski definition) is 1. The van der Waals surface area contributed by atoms with Crippen molar-refractivity contribution >= 4 is 23.4 Å². The van der Waals surface area contributed by atoms with E-state index in [0.717, 1.165) is 30.0 Å². The Hall–Kier alpha value is -2.02. The van der Waals surface area contributed by atoms with Crippen molar-refractivity contribution < 1.29 is 22.4 Å². The third kappa shape index (κ3) is 4.00. The summed E-state index contributed by atoms with van der Waals surface area (Å²) in [5.41, 5.74) is -0.168. The van der Waals surface area contributed by atoms with E-state index in [2.05, 4.69) is 5.32 Å². The molecule has 0 radical (unpaired) electrons. The zero-order valence-corrected chi connectivity index (χ0v) is 12.2. The van der Waals surface area contributed by atoms with Gasteiger partial charge in [-0.1, -0.05) is 0 Å². The predicted molar refractivity (Wildman–Crippen MR) is 76.7 cm³/mol. The lowest BCUT2D eigenvalue weighted by Gasteiger charge is -2.13. The molecule has 0 aromatic heterocycles. The minimum Gasteiger partial charge on any atom is -0.323 e. The van der Waals surface area contributed by atoms with E-state index in [9.17, 15) is 22.4 Å². The Morgan fingerprint density at radius 2 is 1.59 bits per heavy atom. The Morgan fingerprint density at radius 1 is 1.00 bits per heavy atom. The fraction of sp³-hybridized carbons (Fsp3) is 0.133. The van der Waals surface area contributed by atoms with E-state index >= 15 is 0 Å². The molecule has 1 amide bonds. The molecule has 1 atom stereocenters. The molecule has 2 nitrogen and oxygen atoms in total. The van der Waals surface area contributed by atoms with Crippen LogP contribution in [0.4, 0.5) is 23.2 Å². The number of nitrogens with one attached hydrogen (secondary N) is 1. The van der Waals surface area contributed by atoms with Crippen LogP contribution in [-0.2, 0) is 4.79 Å². The summed E-state index contributed by atoms with van der Waals surface area (Å²) in [6.07, 6.45) is 0. The fourth-order valence-corrected chi connectivity index (χ4v) is 2.50. The van der Waals surface area contributed by atoms with Gasteiger partial charge in [0.2, 0.25) is 5.91 Å². The molecule has 0 heterocycles. The standard InChI is InChI=1S/C15H11F4NOS/c1-8(22-14-5-3-10(17)7-12(14)19)15(21)20-13-4-2-9(16)6-11(13)18/h2-8H,1H3,(H,20,21)/t8-/m1/s1. The highest BCUT2D eigenvalue weighted by atomic mass is 32.2. The van der Waals surface area contributed by atoms with Gasteiger partial charge in [-0.2, -0.15) is 0 Å². The van der Waals surface area contributed by atoms with Crippen molar-refractivity contribution in [1.82, 2.24) is 0 Å². The van der Waals surface area contributed by atoms with Crippen LogP contribution in [0.1, 0.15) is 6.92 Å². The van der Waals surface area contributed by atoms with Crippen molar-refractivity contribution in [3.8, 4) is 0 Å². The highest BCUT2D eigenvalue weighted by Crippen LogP contribution is 2.27. The molecular weight excluding hydrogens is 318 g/mol. The molecule has 2 aromatic rings. The molecule has 0 fully saturated rings. The first-order valence-electron chi connectivity index (χ1n) is 6.24. The van der Waals surface area contributed by atoms with Crippen LogP contribution in [0.2, 0.25) is 0 Å². The average molecular weight is 329 g/mol. The second kappa shape index (κ2) is 6.83. The van der Waals surface area contributed by atoms with E-state index in [-0.39, 0.29) is 10.6 Å². The molecule has 0 aliphatic carbocycles. The molecule has 2 aromatic carbocycles. The molecule has 0 spiro atoms. The lowest BCUT2D eigenvalue weighted by molar-refractivity contribution is -0.115. The number of thioether (sulfide) groups is 1. The first kappa shape index (κ1) is 16.4. The van der Waals surface area contributed by atoms with E-state index < -0.39 is 34.4 Å². The number of halogens is 4. The maximum atomic E-state index is 13.5. The van der Waals surface area contributed by atoms with Gasteiger partial charge in [-0.25, -0.2) is 17.6 Å². The van der Waals surface area contributed by atoms with Crippen LogP contribution >= 0.6 is 11.8 Å². The highest BCUT2D eigenvalue weighted by Gasteiger charge is 2.18. The summed E-state index contributed by atoms with van der Waals surface area (Å²) in [5, 5.41) is 1.53. The smallest absolute Gasteiger partial charge is 0.237 e. The minimum absolute atomic E-state index is 0.101. The van der Waals surface area contributed by atoms with Gasteiger partial charge in [0.15, 0.2) is 0 Å². The number of amides is 1. The Bertz CT molecular complexity index is 708. The topological polar surface area (TPSA) is 29.1 Å². The number of hydrogen-bond acceptors (Lipinski definition) is 2. The normalized spacial score (nSPS) is 12.0. The van der Waals surface area contributed by atoms with Crippen LogP contribution in [0.5, 0.6) is 0 Å². The van der Waals surface area contributed by atoms with Crippen LogP contribution in [-0.4, -0.2) is 11.2 Å². The molecule has 2 rings (SSSR count). The van der Waals surface area contributed by atoms with E-state index in [4.69, 9.17) is 0 Å². The van der Waals surface area contributed by atoms with Gasteiger partial charge < -0.3 is 5.32 Å². The number of benzene rings is 2. The quantitative estimate of drug-likeness (QED) is 0.667. The Kier molecular flexibility index (Phi) is 5.07. The summed E-state index contributed by atoms with van der Waals surface area (Å²) in [4.78, 5) is 12.0. The van der Waals surface area contributed by atoms with Gasteiger partial charge in [0, 0.05) is 17.0 Å². The van der Waals surface area contributed by atoms with Gasteiger partial charge in [0.25, 0.3) is 0 Å². The van der Waals surface area contributed by atoms with Crippen LogP contribution in [0.3, 0.4) is 0 Å². The van der Waals surface area contributed by atoms with E-state index in [1.807, 2.05) is 0 Å². The van der Waals surface area contributed by atoms with Crippen molar-refractivity contribution in [2.24, 2.45) is 0 Å². The van der Waals surface area contributed by atoms with Gasteiger partial charge in [-0.05, 0) is 31.2 Å². The molecule has 22 heavy (non-hydrogen) atoms. The van der Waals surface area contributed by atoms with Crippen molar-refractivity contribution in [3.05, 3.63) is 59.7 Å². The first-order chi connectivity index (χ1) is 10.4. The summed E-state index contributed by atoms with van der Waals surface area (Å²) in [6.45, 7) is 1.49. The van der Waals surface area contributed by atoms with Crippen molar-refractivity contribution in [3.63, 3.8) is 0 Å².